The highest BCUT2D eigenvalue weighted by molar-refractivity contribution is 7.89. The lowest BCUT2D eigenvalue weighted by atomic mass is 10.5. The van der Waals surface area contributed by atoms with Crippen molar-refractivity contribution < 1.29 is 13.3 Å². The van der Waals surface area contributed by atoms with Crippen molar-refractivity contribution in [3.63, 3.8) is 0 Å². The number of hydrogen-bond donors (Lipinski definition) is 1. The molecular weight excluding hydrogens is 234 g/mol. The van der Waals surface area contributed by atoms with Gasteiger partial charge in [0.15, 0.2) is 6.20 Å². The van der Waals surface area contributed by atoms with Crippen molar-refractivity contribution in [1.82, 2.24) is 9.71 Å². The molecule has 0 amide bonds. The second kappa shape index (κ2) is 3.80. The number of rotatable bonds is 4. The molecule has 7 nitrogen and oxygen atoms in total. The van der Waals surface area contributed by atoms with Crippen molar-refractivity contribution in [2.45, 2.75) is 23.8 Å². The number of sulfonamides is 1. The molecule has 8 heteroatoms. The van der Waals surface area contributed by atoms with Crippen LogP contribution in [0.2, 0.25) is 0 Å². The van der Waals surface area contributed by atoms with Crippen molar-refractivity contribution in [2.24, 2.45) is 0 Å². The van der Waals surface area contributed by atoms with Gasteiger partial charge < -0.3 is 10.1 Å². The minimum Gasteiger partial charge on any atom is -0.358 e. The van der Waals surface area contributed by atoms with E-state index in [1.165, 1.54) is 6.07 Å². The van der Waals surface area contributed by atoms with E-state index in [1.54, 1.807) is 0 Å². The minimum atomic E-state index is -3.57. The zero-order valence-corrected chi connectivity index (χ0v) is 8.98. The number of nitrogens with one attached hydrogen (secondary N) is 1. The molecule has 0 bridgehead atoms. The molecule has 1 aliphatic carbocycles. The zero-order valence-electron chi connectivity index (χ0n) is 8.16. The molecule has 1 aromatic heterocycles. The highest BCUT2D eigenvalue weighted by Gasteiger charge is 2.28. The number of nitrogens with zero attached hydrogens (tertiary/aromatic N) is 2. The molecule has 0 saturated heterocycles. The van der Waals surface area contributed by atoms with Gasteiger partial charge in [-0.3, -0.25) is 0 Å². The Labute approximate surface area is 91.7 Å². The molecular formula is C8H9N3O4S. The fourth-order valence-corrected chi connectivity index (χ4v) is 2.38. The Bertz CT molecular complexity index is 507. The lowest BCUT2D eigenvalue weighted by Crippen LogP contribution is -2.25. The van der Waals surface area contributed by atoms with E-state index in [4.69, 9.17) is 0 Å². The maximum Gasteiger partial charge on any atom is 0.363 e. The lowest BCUT2D eigenvalue weighted by molar-refractivity contribution is -0.389. The van der Waals surface area contributed by atoms with Gasteiger partial charge in [-0.15, -0.1) is 0 Å². The molecule has 0 radical (unpaired) electrons. The number of aromatic nitrogens is 1. The van der Waals surface area contributed by atoms with Crippen LogP contribution < -0.4 is 4.72 Å². The van der Waals surface area contributed by atoms with Gasteiger partial charge in [0.1, 0.15) is 4.90 Å². The van der Waals surface area contributed by atoms with Crippen LogP contribution in [0.1, 0.15) is 12.8 Å². The van der Waals surface area contributed by atoms with E-state index in [-0.39, 0.29) is 16.8 Å². The van der Waals surface area contributed by atoms with Crippen LogP contribution in [0.3, 0.4) is 0 Å². The summed E-state index contributed by atoms with van der Waals surface area (Å²) in [6.45, 7) is 0. The maximum absolute atomic E-state index is 11.6. The van der Waals surface area contributed by atoms with Crippen LogP contribution >= 0.6 is 0 Å². The first kappa shape index (κ1) is 11.0. The van der Waals surface area contributed by atoms with Crippen molar-refractivity contribution in [1.29, 1.82) is 0 Å². The highest BCUT2D eigenvalue weighted by Crippen LogP contribution is 2.22. The predicted molar refractivity (Wildman–Crippen MR) is 54.2 cm³/mol. The molecule has 1 N–H and O–H groups in total. The normalized spacial score (nSPS) is 16.0. The van der Waals surface area contributed by atoms with Gasteiger partial charge in [0.25, 0.3) is 0 Å². The smallest absolute Gasteiger partial charge is 0.358 e. The van der Waals surface area contributed by atoms with E-state index < -0.39 is 14.9 Å². The Hall–Kier alpha value is -1.54. The first-order chi connectivity index (χ1) is 7.49. The standard InChI is InChI=1S/C8H9N3O4S/c12-11(13)8-4-3-7(5-9-8)16(14,15)10-6-1-2-6/h3-6,10H,1-2H2. The zero-order chi connectivity index (χ0) is 11.8. The topological polar surface area (TPSA) is 102 Å². The molecule has 2 rings (SSSR count). The summed E-state index contributed by atoms with van der Waals surface area (Å²) in [5.41, 5.74) is 0. The largest absolute Gasteiger partial charge is 0.363 e. The average molecular weight is 243 g/mol. The van der Waals surface area contributed by atoms with Crippen molar-refractivity contribution >= 4 is 15.8 Å². The summed E-state index contributed by atoms with van der Waals surface area (Å²) in [6.07, 6.45) is 2.65. The van der Waals surface area contributed by atoms with Crippen molar-refractivity contribution in [2.75, 3.05) is 0 Å². The molecule has 1 fully saturated rings. The van der Waals surface area contributed by atoms with Crippen LogP contribution in [0.15, 0.2) is 23.2 Å². The molecule has 1 aliphatic rings. The first-order valence-electron chi connectivity index (χ1n) is 4.62. The molecule has 86 valence electrons. The number of nitro groups is 1. The van der Waals surface area contributed by atoms with Crippen LogP contribution in [0.5, 0.6) is 0 Å². The molecule has 0 spiro atoms. The second-order valence-electron chi connectivity index (χ2n) is 3.50. The van der Waals surface area contributed by atoms with Crippen LogP contribution in [0.25, 0.3) is 0 Å². The summed E-state index contributed by atoms with van der Waals surface area (Å²) >= 11 is 0. The molecule has 0 aromatic carbocycles. The van der Waals surface area contributed by atoms with E-state index in [0.29, 0.717) is 0 Å². The molecule has 1 aromatic rings. The second-order valence-corrected chi connectivity index (χ2v) is 5.22. The highest BCUT2D eigenvalue weighted by atomic mass is 32.2. The van der Waals surface area contributed by atoms with Crippen LogP contribution in [0.4, 0.5) is 5.82 Å². The summed E-state index contributed by atoms with van der Waals surface area (Å²) < 4.78 is 25.7. The summed E-state index contributed by atoms with van der Waals surface area (Å²) in [5, 5.41) is 10.3. The van der Waals surface area contributed by atoms with Crippen molar-refractivity contribution in [3.05, 3.63) is 28.4 Å². The monoisotopic (exact) mass is 243 g/mol. The van der Waals surface area contributed by atoms with E-state index in [2.05, 4.69) is 9.71 Å². The quantitative estimate of drug-likeness (QED) is 0.610. The lowest BCUT2D eigenvalue weighted by Gasteiger charge is -2.02. The summed E-state index contributed by atoms with van der Waals surface area (Å²) in [6, 6.07) is 2.25. The number of hydrogen-bond acceptors (Lipinski definition) is 5. The predicted octanol–water partition coefficient (Wildman–Crippen LogP) is 0.431. The van der Waals surface area contributed by atoms with Gasteiger partial charge in [-0.05, 0) is 28.8 Å². The Balaban J connectivity index is 2.23. The average Bonchev–Trinajstić information content (AvgIpc) is 3.01. The fourth-order valence-electron chi connectivity index (χ4n) is 1.13. The van der Waals surface area contributed by atoms with Gasteiger partial charge in [-0.25, -0.2) is 13.1 Å². The van der Waals surface area contributed by atoms with Crippen LogP contribution in [-0.2, 0) is 10.0 Å². The molecule has 1 heterocycles. The molecule has 0 atom stereocenters. The van der Waals surface area contributed by atoms with E-state index in [9.17, 15) is 18.5 Å². The van der Waals surface area contributed by atoms with Gasteiger partial charge in [0, 0.05) is 12.1 Å². The fraction of sp³-hybridized carbons (Fsp3) is 0.375. The molecule has 1 saturated carbocycles. The Morgan fingerprint density at radius 3 is 2.56 bits per heavy atom. The van der Waals surface area contributed by atoms with Gasteiger partial charge in [0.2, 0.25) is 10.0 Å². The number of pyridine rings is 1. The third-order valence-electron chi connectivity index (χ3n) is 2.12. The van der Waals surface area contributed by atoms with E-state index in [1.807, 2.05) is 0 Å². The van der Waals surface area contributed by atoms with Gasteiger partial charge in [0.05, 0.1) is 0 Å². The molecule has 0 aliphatic heterocycles. The van der Waals surface area contributed by atoms with Gasteiger partial charge >= 0.3 is 5.82 Å². The SMILES string of the molecule is O=[N+]([O-])c1ccc(S(=O)(=O)NC2CC2)cn1. The van der Waals surface area contributed by atoms with Crippen molar-refractivity contribution in [3.8, 4) is 0 Å². The van der Waals surface area contributed by atoms with Crippen LogP contribution in [0, 0.1) is 10.1 Å². The summed E-state index contributed by atoms with van der Waals surface area (Å²) in [7, 11) is -3.57. The van der Waals surface area contributed by atoms with Crippen LogP contribution in [-0.4, -0.2) is 24.4 Å². The Kier molecular flexibility index (Phi) is 2.60. The van der Waals surface area contributed by atoms with E-state index >= 15 is 0 Å². The Morgan fingerprint density at radius 1 is 1.44 bits per heavy atom. The summed E-state index contributed by atoms with van der Waals surface area (Å²) in [5.74, 6) is -0.370. The Morgan fingerprint density at radius 2 is 2.12 bits per heavy atom. The van der Waals surface area contributed by atoms with E-state index in [0.717, 1.165) is 25.1 Å². The maximum atomic E-state index is 11.6. The third kappa shape index (κ3) is 2.34. The molecule has 0 unspecified atom stereocenters. The third-order valence-corrected chi connectivity index (χ3v) is 3.62. The van der Waals surface area contributed by atoms with Gasteiger partial charge in [-0.1, -0.05) is 0 Å². The molecule has 16 heavy (non-hydrogen) atoms. The summed E-state index contributed by atoms with van der Waals surface area (Å²) in [4.78, 5) is 13.1. The minimum absolute atomic E-state index is 0.000178. The van der Waals surface area contributed by atoms with Gasteiger partial charge in [-0.2, -0.15) is 0 Å². The first-order valence-corrected chi connectivity index (χ1v) is 6.10.